The molecule has 0 spiro atoms. The van der Waals surface area contributed by atoms with Crippen LogP contribution in [0, 0.1) is 11.7 Å². The molecule has 1 atom stereocenters. The minimum absolute atomic E-state index is 0.0144. The molecule has 9 nitrogen and oxygen atoms in total. The van der Waals surface area contributed by atoms with Crippen LogP contribution in [0.1, 0.15) is 36.3 Å². The number of hydrogen-bond donors (Lipinski definition) is 1. The second kappa shape index (κ2) is 12.1. The first-order valence-corrected chi connectivity index (χ1v) is 13.2. The lowest BCUT2D eigenvalue weighted by atomic mass is 10.0. The number of allylic oxidation sites excluding steroid dienone is 1. The number of carbonyl (C=O) groups is 2. The molecule has 1 N–H and O–H groups in total. The summed E-state index contributed by atoms with van der Waals surface area (Å²) in [4.78, 5) is 29.3. The summed E-state index contributed by atoms with van der Waals surface area (Å²) in [5, 5.41) is 12.2. The van der Waals surface area contributed by atoms with Gasteiger partial charge < -0.3 is 24.1 Å². The number of nitrogens with one attached hydrogen (secondary N) is 1. The Morgan fingerprint density at radius 2 is 1.92 bits per heavy atom. The van der Waals surface area contributed by atoms with E-state index in [0.717, 1.165) is 0 Å². The molecule has 0 radical (unpaired) electrons. The van der Waals surface area contributed by atoms with Gasteiger partial charge in [0, 0.05) is 32.7 Å². The molecule has 1 saturated heterocycles. The van der Waals surface area contributed by atoms with Crippen LogP contribution in [0.3, 0.4) is 0 Å². The molecule has 37 heavy (non-hydrogen) atoms. The number of anilines is 1. The highest BCUT2D eigenvalue weighted by Gasteiger charge is 2.28. The Kier molecular flexibility index (Phi) is 8.65. The second-order valence-electron chi connectivity index (χ2n) is 9.02. The van der Waals surface area contributed by atoms with Gasteiger partial charge in [0.05, 0.1) is 23.7 Å². The zero-order valence-corrected chi connectivity index (χ0v) is 21.8. The molecular weight excluding hydrogens is 495 g/mol. The summed E-state index contributed by atoms with van der Waals surface area (Å²) in [5.41, 5.74) is 0.563. The molecule has 1 aliphatic heterocycles. The molecule has 1 aliphatic rings. The van der Waals surface area contributed by atoms with Gasteiger partial charge in [-0.15, -0.1) is 16.8 Å². The molecule has 1 fully saturated rings. The SMILES string of the molecule is C=CCn1c(SCC(=O)N2CCN(c3ccccc3F)CC2)nnc1C(NC(=O)c1ccco1)C(C)C. The Bertz CT molecular complexity index is 1220. The predicted molar refractivity (Wildman–Crippen MR) is 140 cm³/mol. The standard InChI is InChI=1S/C26H31FN6O3S/c1-4-11-33-24(23(18(2)3)28-25(35)21-10-7-16-36-21)29-30-26(33)37-17-22(34)32-14-12-31(13-15-32)20-9-6-5-8-19(20)27/h4-10,16,18,23H,1,11-15,17H2,2-3H3,(H,28,35). The van der Waals surface area contributed by atoms with Crippen LogP contribution in [0.15, 0.2) is 64.9 Å². The first-order chi connectivity index (χ1) is 17.9. The van der Waals surface area contributed by atoms with Crippen LogP contribution in [0.5, 0.6) is 0 Å². The quantitative estimate of drug-likeness (QED) is 0.317. The molecule has 11 heteroatoms. The summed E-state index contributed by atoms with van der Waals surface area (Å²) in [5.74, 6) is 0.418. The zero-order chi connectivity index (χ0) is 26.4. The van der Waals surface area contributed by atoms with E-state index in [1.807, 2.05) is 29.4 Å². The van der Waals surface area contributed by atoms with Gasteiger partial charge in [0.2, 0.25) is 5.91 Å². The molecule has 4 rings (SSSR count). The van der Waals surface area contributed by atoms with Crippen molar-refractivity contribution < 1.29 is 18.4 Å². The molecule has 0 bridgehead atoms. The normalized spacial score (nSPS) is 14.6. The van der Waals surface area contributed by atoms with E-state index in [9.17, 15) is 14.0 Å². The predicted octanol–water partition coefficient (Wildman–Crippen LogP) is 3.76. The molecule has 2 amide bonds. The molecule has 0 aliphatic carbocycles. The van der Waals surface area contributed by atoms with Crippen LogP contribution in [0.4, 0.5) is 10.1 Å². The Balaban J connectivity index is 1.39. The fourth-order valence-corrected chi connectivity index (χ4v) is 5.07. The van der Waals surface area contributed by atoms with Crippen molar-refractivity contribution in [3.63, 3.8) is 0 Å². The molecule has 3 aromatic rings. The van der Waals surface area contributed by atoms with Crippen molar-refractivity contribution in [1.82, 2.24) is 25.0 Å². The average molecular weight is 527 g/mol. The largest absolute Gasteiger partial charge is 0.459 e. The van der Waals surface area contributed by atoms with Crippen molar-refractivity contribution >= 4 is 29.3 Å². The average Bonchev–Trinajstić information content (AvgIpc) is 3.57. The van der Waals surface area contributed by atoms with Gasteiger partial charge in [-0.05, 0) is 30.2 Å². The van der Waals surface area contributed by atoms with Crippen molar-refractivity contribution in [2.75, 3.05) is 36.8 Å². The molecule has 2 aromatic heterocycles. The zero-order valence-electron chi connectivity index (χ0n) is 21.0. The van der Waals surface area contributed by atoms with Crippen LogP contribution >= 0.6 is 11.8 Å². The molecule has 196 valence electrons. The number of aromatic nitrogens is 3. The van der Waals surface area contributed by atoms with E-state index in [-0.39, 0.29) is 35.1 Å². The van der Waals surface area contributed by atoms with E-state index in [1.54, 1.807) is 35.2 Å². The van der Waals surface area contributed by atoms with Gasteiger partial charge in [-0.1, -0.05) is 43.8 Å². The van der Waals surface area contributed by atoms with Crippen molar-refractivity contribution in [3.8, 4) is 0 Å². The maximum Gasteiger partial charge on any atom is 0.287 e. The summed E-state index contributed by atoms with van der Waals surface area (Å²) in [6.45, 7) is 10.4. The third kappa shape index (κ3) is 6.22. The Morgan fingerprint density at radius 1 is 1.16 bits per heavy atom. The third-order valence-electron chi connectivity index (χ3n) is 6.18. The third-order valence-corrected chi connectivity index (χ3v) is 7.14. The van der Waals surface area contributed by atoms with E-state index < -0.39 is 6.04 Å². The topological polar surface area (TPSA) is 96.5 Å². The number of nitrogens with zero attached hydrogens (tertiary/aromatic N) is 5. The number of thioether (sulfide) groups is 1. The van der Waals surface area contributed by atoms with Gasteiger partial charge in [0.25, 0.3) is 5.91 Å². The number of carbonyl (C=O) groups excluding carboxylic acids is 2. The van der Waals surface area contributed by atoms with Crippen LogP contribution in [0.25, 0.3) is 0 Å². The highest BCUT2D eigenvalue weighted by atomic mass is 32.2. The van der Waals surface area contributed by atoms with Gasteiger partial charge in [0.1, 0.15) is 5.82 Å². The minimum atomic E-state index is -0.415. The number of furan rings is 1. The van der Waals surface area contributed by atoms with Crippen molar-refractivity contribution in [1.29, 1.82) is 0 Å². The number of piperazine rings is 1. The van der Waals surface area contributed by atoms with Crippen LogP contribution < -0.4 is 10.2 Å². The first kappa shape index (κ1) is 26.5. The summed E-state index contributed by atoms with van der Waals surface area (Å²) in [7, 11) is 0. The van der Waals surface area contributed by atoms with Crippen molar-refractivity contribution in [2.24, 2.45) is 5.92 Å². The van der Waals surface area contributed by atoms with Crippen LogP contribution in [-0.4, -0.2) is 63.4 Å². The fourth-order valence-electron chi connectivity index (χ4n) is 4.21. The van der Waals surface area contributed by atoms with Gasteiger partial charge in [-0.3, -0.25) is 9.59 Å². The van der Waals surface area contributed by atoms with Crippen LogP contribution in [0.2, 0.25) is 0 Å². The monoisotopic (exact) mass is 526 g/mol. The molecule has 1 unspecified atom stereocenters. The fraction of sp³-hybridized carbons (Fsp3) is 0.385. The van der Waals surface area contributed by atoms with E-state index in [4.69, 9.17) is 4.42 Å². The molecular formula is C26H31FN6O3S. The summed E-state index contributed by atoms with van der Waals surface area (Å²) < 4.78 is 21.2. The first-order valence-electron chi connectivity index (χ1n) is 12.2. The number of rotatable bonds is 10. The Morgan fingerprint density at radius 3 is 2.57 bits per heavy atom. The molecule has 0 saturated carbocycles. The van der Waals surface area contributed by atoms with E-state index in [1.165, 1.54) is 24.1 Å². The van der Waals surface area contributed by atoms with Crippen molar-refractivity contribution in [2.45, 2.75) is 31.6 Å². The molecule has 1 aromatic carbocycles. The Labute approximate surface area is 219 Å². The Hall–Kier alpha value is -3.60. The maximum absolute atomic E-state index is 14.1. The summed E-state index contributed by atoms with van der Waals surface area (Å²) in [6, 6.07) is 9.53. The second-order valence-corrected chi connectivity index (χ2v) is 9.96. The lowest BCUT2D eigenvalue weighted by molar-refractivity contribution is -0.128. The number of hydrogen-bond acceptors (Lipinski definition) is 7. The smallest absolute Gasteiger partial charge is 0.287 e. The van der Waals surface area contributed by atoms with E-state index in [0.29, 0.717) is 49.4 Å². The molecule has 3 heterocycles. The van der Waals surface area contributed by atoms with Crippen molar-refractivity contribution in [3.05, 3.63) is 72.7 Å². The number of benzene rings is 1. The van der Waals surface area contributed by atoms with E-state index >= 15 is 0 Å². The van der Waals surface area contributed by atoms with Gasteiger partial charge in [0.15, 0.2) is 16.7 Å². The minimum Gasteiger partial charge on any atom is -0.459 e. The van der Waals surface area contributed by atoms with Gasteiger partial charge in [-0.2, -0.15) is 0 Å². The lowest BCUT2D eigenvalue weighted by Gasteiger charge is -2.36. The lowest BCUT2D eigenvalue weighted by Crippen LogP contribution is -2.49. The number of amides is 2. The van der Waals surface area contributed by atoms with Gasteiger partial charge >= 0.3 is 0 Å². The summed E-state index contributed by atoms with van der Waals surface area (Å²) >= 11 is 1.30. The summed E-state index contributed by atoms with van der Waals surface area (Å²) in [6.07, 6.45) is 3.18. The number of para-hydroxylation sites is 1. The van der Waals surface area contributed by atoms with Gasteiger partial charge in [-0.25, -0.2) is 4.39 Å². The number of halogens is 1. The van der Waals surface area contributed by atoms with E-state index in [2.05, 4.69) is 22.1 Å². The highest BCUT2D eigenvalue weighted by molar-refractivity contribution is 7.99. The van der Waals surface area contributed by atoms with Crippen LogP contribution in [-0.2, 0) is 11.3 Å². The highest BCUT2D eigenvalue weighted by Crippen LogP contribution is 2.26. The maximum atomic E-state index is 14.1.